The molecule has 0 spiro atoms. The van der Waals surface area contributed by atoms with Crippen molar-refractivity contribution in [2.45, 2.75) is 63.2 Å². The van der Waals surface area contributed by atoms with E-state index in [1.807, 2.05) is 51.2 Å². The number of rotatable bonds is 6. The quantitative estimate of drug-likeness (QED) is 0.572. The van der Waals surface area contributed by atoms with Gasteiger partial charge in [-0.2, -0.15) is 0 Å². The lowest BCUT2D eigenvalue weighted by atomic mass is 10.1. The lowest BCUT2D eigenvalue weighted by Gasteiger charge is -2.22. The Morgan fingerprint density at radius 2 is 2.04 bits per heavy atom. The number of aromatic nitrogens is 3. The molecule has 0 bridgehead atoms. The summed E-state index contributed by atoms with van der Waals surface area (Å²) >= 11 is 1.49. The number of carbonyl (C=O) groups is 1. The molecule has 3 rings (SSSR count). The number of amides is 1. The minimum atomic E-state index is -0.594. The summed E-state index contributed by atoms with van der Waals surface area (Å²) in [6, 6.07) is 7.52. The summed E-state index contributed by atoms with van der Waals surface area (Å²) in [7, 11) is 0. The summed E-state index contributed by atoms with van der Waals surface area (Å²) in [5.41, 5.74) is 1.49. The van der Waals surface area contributed by atoms with E-state index in [0.717, 1.165) is 16.5 Å². The normalized spacial score (nSPS) is 13.1. The van der Waals surface area contributed by atoms with Gasteiger partial charge < -0.3 is 19.5 Å². The molecule has 2 heterocycles. The van der Waals surface area contributed by atoms with Gasteiger partial charge >= 0.3 is 6.09 Å². The maximum Gasteiger partial charge on any atom is 0.408 e. The number of thioether (sulfide) groups is 1. The van der Waals surface area contributed by atoms with E-state index in [0.29, 0.717) is 22.8 Å². The first-order valence-electron chi connectivity index (χ1n) is 9.26. The fourth-order valence-corrected chi connectivity index (χ4v) is 3.41. The summed E-state index contributed by atoms with van der Waals surface area (Å²) in [5.74, 6) is 0.360. The minimum Gasteiger partial charge on any atom is -0.444 e. The van der Waals surface area contributed by atoms with Gasteiger partial charge in [-0.05, 0) is 32.4 Å². The smallest absolute Gasteiger partial charge is 0.408 e. The van der Waals surface area contributed by atoms with Crippen molar-refractivity contribution in [3.8, 4) is 0 Å². The maximum atomic E-state index is 12.4. The predicted octanol–water partition coefficient (Wildman–Crippen LogP) is 4.86. The van der Waals surface area contributed by atoms with Gasteiger partial charge in [0.25, 0.3) is 5.22 Å². The number of para-hydroxylation sites is 1. The van der Waals surface area contributed by atoms with Crippen LogP contribution in [0, 0.1) is 0 Å². The standard InChI is InChI=1S/C20H26N4O3S/c1-12(2)28-19-24-23-17(26-19)16(22-18(25)27-20(3,4)5)10-13-11-21-15-9-7-6-8-14(13)15/h6-9,11-12,16,21H,10H2,1-5H3,(H,22,25)/t16-/m1/s1. The first kappa shape index (κ1) is 20.3. The SMILES string of the molecule is CC(C)Sc1nnc([C@@H](Cc2c[nH]c3ccccc23)NC(=O)OC(C)(C)C)o1. The molecule has 0 radical (unpaired) electrons. The summed E-state index contributed by atoms with van der Waals surface area (Å²) in [5, 5.41) is 13.0. The Balaban J connectivity index is 1.85. The van der Waals surface area contributed by atoms with Crippen LogP contribution in [0.3, 0.4) is 0 Å². The van der Waals surface area contributed by atoms with E-state index in [1.165, 1.54) is 11.8 Å². The summed E-state index contributed by atoms with van der Waals surface area (Å²) in [6.07, 6.45) is 1.92. The van der Waals surface area contributed by atoms with Crippen molar-refractivity contribution in [1.82, 2.24) is 20.5 Å². The highest BCUT2D eigenvalue weighted by molar-refractivity contribution is 7.99. The molecule has 3 aromatic rings. The molecule has 2 N–H and O–H groups in total. The number of hydrogen-bond acceptors (Lipinski definition) is 6. The monoisotopic (exact) mass is 402 g/mol. The lowest BCUT2D eigenvalue weighted by Crippen LogP contribution is -2.36. The Kier molecular flexibility index (Phi) is 5.98. The lowest BCUT2D eigenvalue weighted by molar-refractivity contribution is 0.0494. The second-order valence-corrected chi connectivity index (χ2v) is 9.36. The zero-order valence-electron chi connectivity index (χ0n) is 16.8. The van der Waals surface area contributed by atoms with Gasteiger partial charge in [-0.1, -0.05) is 43.8 Å². The van der Waals surface area contributed by atoms with Crippen LogP contribution < -0.4 is 5.32 Å². The molecule has 0 saturated heterocycles. The summed E-state index contributed by atoms with van der Waals surface area (Å²) < 4.78 is 11.2. The van der Waals surface area contributed by atoms with E-state index in [4.69, 9.17) is 9.15 Å². The first-order chi connectivity index (χ1) is 13.2. The van der Waals surface area contributed by atoms with E-state index in [2.05, 4.69) is 34.3 Å². The number of aromatic amines is 1. The number of nitrogens with one attached hydrogen (secondary N) is 2. The number of hydrogen-bond donors (Lipinski definition) is 2. The van der Waals surface area contributed by atoms with Gasteiger partial charge in [-0.25, -0.2) is 4.79 Å². The fourth-order valence-electron chi connectivity index (χ4n) is 2.78. The molecule has 0 aliphatic rings. The number of benzene rings is 1. The van der Waals surface area contributed by atoms with Gasteiger partial charge in [0.1, 0.15) is 11.6 Å². The largest absolute Gasteiger partial charge is 0.444 e. The van der Waals surface area contributed by atoms with Gasteiger partial charge in [0.05, 0.1) is 0 Å². The number of ether oxygens (including phenoxy) is 1. The van der Waals surface area contributed by atoms with E-state index < -0.39 is 17.7 Å². The van der Waals surface area contributed by atoms with Gasteiger partial charge in [-0.15, -0.1) is 10.2 Å². The summed E-state index contributed by atoms with van der Waals surface area (Å²) in [4.78, 5) is 15.6. The molecule has 2 aromatic heterocycles. The molecule has 7 nitrogen and oxygen atoms in total. The number of nitrogens with zero attached hydrogens (tertiary/aromatic N) is 2. The van der Waals surface area contributed by atoms with Crippen LogP contribution in [-0.4, -0.2) is 32.1 Å². The molecule has 0 unspecified atom stereocenters. The zero-order chi connectivity index (χ0) is 20.3. The van der Waals surface area contributed by atoms with Crippen molar-refractivity contribution in [3.63, 3.8) is 0 Å². The Labute approximate surface area is 168 Å². The molecule has 0 fully saturated rings. The molecule has 1 atom stereocenters. The van der Waals surface area contributed by atoms with Crippen molar-refractivity contribution in [1.29, 1.82) is 0 Å². The van der Waals surface area contributed by atoms with Gasteiger partial charge in [-0.3, -0.25) is 0 Å². The van der Waals surface area contributed by atoms with Crippen LogP contribution in [0.1, 0.15) is 52.1 Å². The highest BCUT2D eigenvalue weighted by atomic mass is 32.2. The second-order valence-electron chi connectivity index (χ2n) is 7.84. The number of alkyl carbamates (subject to hydrolysis) is 1. The zero-order valence-corrected chi connectivity index (χ0v) is 17.6. The number of fused-ring (bicyclic) bond motifs is 1. The third kappa shape index (κ3) is 5.28. The molecule has 1 amide bonds. The van der Waals surface area contributed by atoms with Crippen LogP contribution >= 0.6 is 11.8 Å². The molecular weight excluding hydrogens is 376 g/mol. The third-order valence-electron chi connectivity index (χ3n) is 3.85. The third-order valence-corrected chi connectivity index (χ3v) is 4.68. The van der Waals surface area contributed by atoms with Crippen LogP contribution in [0.25, 0.3) is 10.9 Å². The topological polar surface area (TPSA) is 93.0 Å². The van der Waals surface area contributed by atoms with Crippen molar-refractivity contribution in [2.75, 3.05) is 0 Å². The Hall–Kier alpha value is -2.48. The maximum absolute atomic E-state index is 12.4. The molecular formula is C20H26N4O3S. The van der Waals surface area contributed by atoms with Gasteiger partial charge in [0.15, 0.2) is 0 Å². The van der Waals surface area contributed by atoms with E-state index >= 15 is 0 Å². The van der Waals surface area contributed by atoms with Crippen LogP contribution in [0.4, 0.5) is 4.79 Å². The number of H-pyrrole nitrogens is 1. The number of carbonyl (C=O) groups excluding carboxylic acids is 1. The van der Waals surface area contributed by atoms with Crippen LogP contribution in [0.2, 0.25) is 0 Å². The minimum absolute atomic E-state index is 0.319. The van der Waals surface area contributed by atoms with Crippen molar-refractivity contribution in [2.24, 2.45) is 0 Å². The van der Waals surface area contributed by atoms with Crippen molar-refractivity contribution >= 4 is 28.8 Å². The molecule has 8 heteroatoms. The Bertz CT molecular complexity index is 942. The summed E-state index contributed by atoms with van der Waals surface area (Å²) in [6.45, 7) is 9.58. The van der Waals surface area contributed by atoms with Crippen LogP contribution in [0.15, 0.2) is 40.1 Å². The molecule has 0 aliphatic carbocycles. The molecule has 28 heavy (non-hydrogen) atoms. The predicted molar refractivity (Wildman–Crippen MR) is 109 cm³/mol. The van der Waals surface area contributed by atoms with Crippen LogP contribution in [-0.2, 0) is 11.2 Å². The average molecular weight is 403 g/mol. The first-order valence-corrected chi connectivity index (χ1v) is 10.1. The van der Waals surface area contributed by atoms with E-state index in [9.17, 15) is 4.79 Å². The Morgan fingerprint density at radius 1 is 1.29 bits per heavy atom. The average Bonchev–Trinajstić information content (AvgIpc) is 3.19. The molecule has 0 aliphatic heterocycles. The van der Waals surface area contributed by atoms with E-state index in [1.54, 1.807) is 0 Å². The van der Waals surface area contributed by atoms with Crippen LogP contribution in [0.5, 0.6) is 0 Å². The highest BCUT2D eigenvalue weighted by Crippen LogP contribution is 2.27. The molecule has 150 valence electrons. The second kappa shape index (κ2) is 8.26. The highest BCUT2D eigenvalue weighted by Gasteiger charge is 2.26. The van der Waals surface area contributed by atoms with E-state index in [-0.39, 0.29) is 0 Å². The molecule has 0 saturated carbocycles. The van der Waals surface area contributed by atoms with Gasteiger partial charge in [0, 0.05) is 28.8 Å². The molecule has 1 aromatic carbocycles. The fraction of sp³-hybridized carbons (Fsp3) is 0.450. The Morgan fingerprint density at radius 3 is 2.75 bits per heavy atom. The van der Waals surface area contributed by atoms with Crippen molar-refractivity contribution in [3.05, 3.63) is 41.9 Å². The van der Waals surface area contributed by atoms with Crippen molar-refractivity contribution < 1.29 is 13.9 Å². The van der Waals surface area contributed by atoms with Gasteiger partial charge in [0.2, 0.25) is 5.89 Å².